The minimum Gasteiger partial charge on any atom is -0.394 e. The second-order valence-electron chi connectivity index (χ2n) is 6.84. The number of aliphatic hydroxyl groups is 1. The number of likely N-dealkylation sites (N-methyl/N-ethyl adjacent to an activating group) is 1. The Hall–Kier alpha value is -0.120. The van der Waals surface area contributed by atoms with Crippen LogP contribution in [0.1, 0.15) is 71.6 Å². The fraction of sp³-hybridized carbons (Fsp3) is 1.00. The summed E-state index contributed by atoms with van der Waals surface area (Å²) >= 11 is 0. The molecule has 20 heavy (non-hydrogen) atoms. The van der Waals surface area contributed by atoms with Crippen molar-refractivity contribution in [1.82, 2.24) is 10.2 Å². The molecule has 0 heterocycles. The number of hydrogen-bond donors (Lipinski definition) is 2. The lowest BCUT2D eigenvalue weighted by molar-refractivity contribution is 0.0322. The van der Waals surface area contributed by atoms with Crippen LogP contribution in [0.2, 0.25) is 0 Å². The van der Waals surface area contributed by atoms with Gasteiger partial charge in [0.05, 0.1) is 6.61 Å². The summed E-state index contributed by atoms with van der Waals surface area (Å²) in [4.78, 5) is 2.76. The zero-order valence-corrected chi connectivity index (χ0v) is 13.5. The molecule has 3 nitrogen and oxygen atoms in total. The third kappa shape index (κ3) is 3.75. The Labute approximate surface area is 125 Å². The summed E-state index contributed by atoms with van der Waals surface area (Å²) in [7, 11) is 0. The maximum atomic E-state index is 9.87. The summed E-state index contributed by atoms with van der Waals surface area (Å²) in [5.41, 5.74) is -0.0141. The van der Waals surface area contributed by atoms with Gasteiger partial charge in [-0.15, -0.1) is 0 Å². The van der Waals surface area contributed by atoms with Gasteiger partial charge in [-0.2, -0.15) is 0 Å². The van der Waals surface area contributed by atoms with E-state index in [-0.39, 0.29) is 5.54 Å². The summed E-state index contributed by atoms with van der Waals surface area (Å²) in [5, 5.41) is 13.5. The Morgan fingerprint density at radius 2 is 1.75 bits per heavy atom. The molecule has 0 bridgehead atoms. The molecule has 2 rings (SSSR count). The van der Waals surface area contributed by atoms with E-state index in [2.05, 4.69) is 24.1 Å². The van der Waals surface area contributed by atoms with Crippen molar-refractivity contribution in [3.8, 4) is 0 Å². The zero-order chi connectivity index (χ0) is 14.4. The number of nitrogens with zero attached hydrogens (tertiary/aromatic N) is 1. The monoisotopic (exact) mass is 282 g/mol. The third-order valence-electron chi connectivity index (χ3n) is 5.55. The van der Waals surface area contributed by atoms with Crippen molar-refractivity contribution >= 4 is 0 Å². The van der Waals surface area contributed by atoms with E-state index in [1.54, 1.807) is 0 Å². The van der Waals surface area contributed by atoms with Crippen molar-refractivity contribution < 1.29 is 5.11 Å². The van der Waals surface area contributed by atoms with Gasteiger partial charge in [-0.05, 0) is 51.6 Å². The quantitative estimate of drug-likeness (QED) is 0.786. The second kappa shape index (κ2) is 7.77. The van der Waals surface area contributed by atoms with Gasteiger partial charge in [-0.1, -0.05) is 33.1 Å². The fourth-order valence-corrected chi connectivity index (χ4v) is 4.58. The lowest BCUT2D eigenvalue weighted by atomic mass is 9.78. The third-order valence-corrected chi connectivity index (χ3v) is 5.55. The summed E-state index contributed by atoms with van der Waals surface area (Å²) < 4.78 is 0. The molecule has 0 saturated heterocycles. The Balaban J connectivity index is 2.01. The highest BCUT2D eigenvalue weighted by molar-refractivity contribution is 4.97. The lowest BCUT2D eigenvalue weighted by Crippen LogP contribution is -2.57. The first-order chi connectivity index (χ1) is 9.74. The lowest BCUT2D eigenvalue weighted by Gasteiger charge is -2.47. The van der Waals surface area contributed by atoms with E-state index < -0.39 is 0 Å². The van der Waals surface area contributed by atoms with E-state index in [4.69, 9.17) is 0 Å². The van der Waals surface area contributed by atoms with E-state index in [1.165, 1.54) is 51.5 Å². The van der Waals surface area contributed by atoms with Gasteiger partial charge < -0.3 is 10.4 Å². The highest BCUT2D eigenvalue weighted by atomic mass is 16.3. The second-order valence-corrected chi connectivity index (χ2v) is 6.84. The standard InChI is InChI=1S/C17H34N2O/c1-3-18-17(14-20)12-8-11-16(13-17)19(4-2)15-9-6-5-7-10-15/h15-16,18,20H,3-14H2,1-2H3. The van der Waals surface area contributed by atoms with Crippen LogP contribution in [0.4, 0.5) is 0 Å². The molecule has 3 heteroatoms. The number of nitrogens with one attached hydrogen (secondary N) is 1. The van der Waals surface area contributed by atoms with Crippen molar-refractivity contribution in [2.75, 3.05) is 19.7 Å². The summed E-state index contributed by atoms with van der Waals surface area (Å²) in [6.45, 7) is 6.89. The predicted molar refractivity (Wildman–Crippen MR) is 85.0 cm³/mol. The van der Waals surface area contributed by atoms with Crippen LogP contribution in [-0.2, 0) is 0 Å². The molecule has 0 radical (unpaired) electrons. The number of aliphatic hydroxyl groups excluding tert-OH is 1. The van der Waals surface area contributed by atoms with E-state index >= 15 is 0 Å². The fourth-order valence-electron chi connectivity index (χ4n) is 4.58. The zero-order valence-electron chi connectivity index (χ0n) is 13.5. The predicted octanol–water partition coefficient (Wildman–Crippen LogP) is 2.92. The molecule has 0 aliphatic heterocycles. The maximum absolute atomic E-state index is 9.87. The first-order valence-corrected chi connectivity index (χ1v) is 8.86. The molecular formula is C17H34N2O. The maximum Gasteiger partial charge on any atom is 0.0613 e. The molecule has 2 N–H and O–H groups in total. The molecule has 2 atom stereocenters. The van der Waals surface area contributed by atoms with Crippen LogP contribution in [0.25, 0.3) is 0 Å². The van der Waals surface area contributed by atoms with Crippen molar-refractivity contribution in [3.63, 3.8) is 0 Å². The highest BCUT2D eigenvalue weighted by Gasteiger charge is 2.38. The topological polar surface area (TPSA) is 35.5 Å². The van der Waals surface area contributed by atoms with Gasteiger partial charge in [-0.25, -0.2) is 0 Å². The van der Waals surface area contributed by atoms with Crippen molar-refractivity contribution in [2.45, 2.75) is 89.3 Å². The van der Waals surface area contributed by atoms with Gasteiger partial charge in [-0.3, -0.25) is 4.90 Å². The Bertz CT molecular complexity index is 274. The molecular weight excluding hydrogens is 248 g/mol. The minimum atomic E-state index is -0.0141. The average Bonchev–Trinajstić information content (AvgIpc) is 2.50. The van der Waals surface area contributed by atoms with E-state index in [0.717, 1.165) is 25.4 Å². The molecule has 2 aliphatic rings. The van der Waals surface area contributed by atoms with Gasteiger partial charge in [0.25, 0.3) is 0 Å². The van der Waals surface area contributed by atoms with E-state index in [1.807, 2.05) is 0 Å². The van der Waals surface area contributed by atoms with Gasteiger partial charge in [0.1, 0.15) is 0 Å². The summed E-state index contributed by atoms with van der Waals surface area (Å²) in [5.74, 6) is 0. The van der Waals surface area contributed by atoms with Gasteiger partial charge in [0.15, 0.2) is 0 Å². The molecule has 0 spiro atoms. The Morgan fingerprint density at radius 3 is 2.35 bits per heavy atom. The Morgan fingerprint density at radius 1 is 1.05 bits per heavy atom. The van der Waals surface area contributed by atoms with Crippen LogP contribution < -0.4 is 5.32 Å². The van der Waals surface area contributed by atoms with Gasteiger partial charge in [0, 0.05) is 17.6 Å². The average molecular weight is 282 g/mol. The molecule has 0 aromatic carbocycles. The summed E-state index contributed by atoms with van der Waals surface area (Å²) in [6, 6.07) is 1.47. The molecule has 2 aliphatic carbocycles. The molecule has 118 valence electrons. The van der Waals surface area contributed by atoms with Crippen LogP contribution in [0, 0.1) is 0 Å². The van der Waals surface area contributed by atoms with Crippen LogP contribution in [0.3, 0.4) is 0 Å². The van der Waals surface area contributed by atoms with Gasteiger partial charge in [0.2, 0.25) is 0 Å². The first-order valence-electron chi connectivity index (χ1n) is 8.86. The Kier molecular flexibility index (Phi) is 6.31. The van der Waals surface area contributed by atoms with E-state index in [0.29, 0.717) is 12.6 Å². The van der Waals surface area contributed by atoms with Crippen LogP contribution in [0.5, 0.6) is 0 Å². The molecule has 0 aromatic heterocycles. The summed E-state index contributed by atoms with van der Waals surface area (Å²) in [6.07, 6.45) is 11.8. The van der Waals surface area contributed by atoms with Crippen LogP contribution in [-0.4, -0.2) is 47.3 Å². The van der Waals surface area contributed by atoms with Gasteiger partial charge >= 0.3 is 0 Å². The molecule has 2 saturated carbocycles. The molecule has 0 amide bonds. The van der Waals surface area contributed by atoms with Crippen molar-refractivity contribution in [2.24, 2.45) is 0 Å². The first kappa shape index (κ1) is 16.3. The minimum absolute atomic E-state index is 0.0141. The SMILES string of the molecule is CCNC1(CO)CCCC(N(CC)C2CCCCC2)C1. The number of rotatable bonds is 6. The normalized spacial score (nSPS) is 32.7. The van der Waals surface area contributed by atoms with Crippen molar-refractivity contribution in [1.29, 1.82) is 0 Å². The number of hydrogen-bond acceptors (Lipinski definition) is 3. The molecule has 0 aromatic rings. The molecule has 2 fully saturated rings. The highest BCUT2D eigenvalue weighted by Crippen LogP contribution is 2.34. The molecule has 2 unspecified atom stereocenters. The van der Waals surface area contributed by atoms with Crippen molar-refractivity contribution in [3.05, 3.63) is 0 Å². The van der Waals surface area contributed by atoms with Crippen LogP contribution >= 0.6 is 0 Å². The largest absolute Gasteiger partial charge is 0.394 e. The smallest absolute Gasteiger partial charge is 0.0613 e. The van der Waals surface area contributed by atoms with Crippen LogP contribution in [0.15, 0.2) is 0 Å². The van der Waals surface area contributed by atoms with E-state index in [9.17, 15) is 5.11 Å².